The number of aryl methyl sites for hydroxylation is 2. The van der Waals surface area contributed by atoms with Crippen LogP contribution in [0, 0.1) is 13.8 Å². The van der Waals surface area contributed by atoms with Gasteiger partial charge < -0.3 is 0 Å². The predicted octanol–water partition coefficient (Wildman–Crippen LogP) is 0.610. The molecule has 0 bridgehead atoms. The van der Waals surface area contributed by atoms with E-state index >= 15 is 0 Å². The fraction of sp³-hybridized carbons (Fsp3) is 0.300. The molecule has 5 nitrogen and oxygen atoms in total. The largest absolute Gasteiger partial charge is 0.337 e. The third kappa shape index (κ3) is 1.61. The summed E-state index contributed by atoms with van der Waals surface area (Å²) >= 11 is 1.43. The van der Waals surface area contributed by atoms with Crippen molar-refractivity contribution in [3.05, 3.63) is 43.7 Å². The van der Waals surface area contributed by atoms with Crippen LogP contribution in [0.15, 0.2) is 21.9 Å². The number of hydrogen-bond acceptors (Lipinski definition) is 4. The van der Waals surface area contributed by atoms with Crippen molar-refractivity contribution in [2.45, 2.75) is 13.8 Å². The molecule has 0 N–H and O–H groups in total. The van der Waals surface area contributed by atoms with Crippen LogP contribution in [0.3, 0.4) is 0 Å². The third-order valence-corrected chi connectivity index (χ3v) is 3.49. The molecule has 2 aromatic heterocycles. The number of nitrogens with zero attached hydrogens (tertiary/aromatic N) is 3. The first-order valence-electron chi connectivity index (χ1n) is 4.74. The molecule has 0 aliphatic carbocycles. The average molecular weight is 237 g/mol. The lowest BCUT2D eigenvalue weighted by atomic mass is 10.4. The van der Waals surface area contributed by atoms with E-state index < -0.39 is 0 Å². The monoisotopic (exact) mass is 237 g/mol. The average Bonchev–Trinajstić information content (AvgIpc) is 2.56. The minimum absolute atomic E-state index is 0.314. The first-order chi connectivity index (χ1) is 7.50. The molecule has 0 radical (unpaired) electrons. The lowest BCUT2D eigenvalue weighted by Crippen LogP contribution is -2.36. The van der Waals surface area contributed by atoms with E-state index in [0.717, 1.165) is 15.1 Å². The van der Waals surface area contributed by atoms with Gasteiger partial charge in [-0.25, -0.2) is 14.3 Å². The van der Waals surface area contributed by atoms with E-state index in [4.69, 9.17) is 0 Å². The van der Waals surface area contributed by atoms with Gasteiger partial charge >= 0.3 is 5.69 Å². The molecule has 0 unspecified atom stereocenters. The number of rotatable bonds is 1. The molecule has 0 amide bonds. The Bertz CT molecular complexity index is 631. The van der Waals surface area contributed by atoms with Crippen LogP contribution < -0.4 is 11.2 Å². The highest BCUT2D eigenvalue weighted by molar-refractivity contribution is 7.14. The zero-order chi connectivity index (χ0) is 11.9. The molecule has 0 aliphatic heterocycles. The van der Waals surface area contributed by atoms with Gasteiger partial charge in [0.1, 0.15) is 0 Å². The maximum Gasteiger partial charge on any atom is 0.337 e. The second-order valence-electron chi connectivity index (χ2n) is 3.50. The predicted molar refractivity (Wildman–Crippen MR) is 62.4 cm³/mol. The van der Waals surface area contributed by atoms with Crippen molar-refractivity contribution in [3.8, 4) is 5.13 Å². The molecule has 84 valence electrons. The Hall–Kier alpha value is -1.69. The zero-order valence-corrected chi connectivity index (χ0v) is 10.0. The van der Waals surface area contributed by atoms with E-state index in [1.54, 1.807) is 0 Å². The Kier molecular flexibility index (Phi) is 2.51. The fourth-order valence-electron chi connectivity index (χ4n) is 1.27. The lowest BCUT2D eigenvalue weighted by Gasteiger charge is -2.01. The molecule has 0 fully saturated rings. The lowest BCUT2D eigenvalue weighted by molar-refractivity contribution is 0.725. The Labute approximate surface area is 95.6 Å². The van der Waals surface area contributed by atoms with Crippen molar-refractivity contribution in [2.75, 3.05) is 0 Å². The summed E-state index contributed by atoms with van der Waals surface area (Å²) in [6, 6.07) is 1.35. The summed E-state index contributed by atoms with van der Waals surface area (Å²) in [4.78, 5) is 28.4. The van der Waals surface area contributed by atoms with Gasteiger partial charge in [-0.05, 0) is 13.8 Å². The van der Waals surface area contributed by atoms with Crippen LogP contribution >= 0.6 is 11.3 Å². The highest BCUT2D eigenvalue weighted by Gasteiger charge is 2.08. The maximum atomic E-state index is 11.8. The van der Waals surface area contributed by atoms with Crippen molar-refractivity contribution >= 4 is 11.3 Å². The molecular formula is C10H11N3O2S. The van der Waals surface area contributed by atoms with Gasteiger partial charge in [-0.1, -0.05) is 0 Å². The molecular weight excluding hydrogens is 226 g/mol. The van der Waals surface area contributed by atoms with Crippen molar-refractivity contribution in [1.82, 2.24) is 14.1 Å². The third-order valence-electron chi connectivity index (χ3n) is 2.41. The molecule has 16 heavy (non-hydrogen) atoms. The van der Waals surface area contributed by atoms with Crippen LogP contribution in [0.4, 0.5) is 0 Å². The van der Waals surface area contributed by atoms with E-state index in [-0.39, 0.29) is 11.2 Å². The Morgan fingerprint density at radius 1 is 1.31 bits per heavy atom. The molecule has 0 atom stereocenters. The van der Waals surface area contributed by atoms with Crippen LogP contribution in [0.2, 0.25) is 0 Å². The van der Waals surface area contributed by atoms with Crippen molar-refractivity contribution in [2.24, 2.45) is 7.05 Å². The quantitative estimate of drug-likeness (QED) is 0.730. The fourth-order valence-corrected chi connectivity index (χ4v) is 2.16. The van der Waals surface area contributed by atoms with E-state index in [1.165, 1.54) is 35.2 Å². The molecule has 0 saturated heterocycles. The summed E-state index contributed by atoms with van der Waals surface area (Å²) in [5, 5.41) is 0.593. The molecule has 0 saturated carbocycles. The van der Waals surface area contributed by atoms with Crippen LogP contribution in [0.25, 0.3) is 5.13 Å². The molecule has 6 heteroatoms. The number of thiazole rings is 1. The van der Waals surface area contributed by atoms with E-state index in [0.29, 0.717) is 5.13 Å². The molecule has 2 heterocycles. The highest BCUT2D eigenvalue weighted by atomic mass is 32.1. The summed E-state index contributed by atoms with van der Waals surface area (Å²) < 4.78 is 2.44. The van der Waals surface area contributed by atoms with E-state index in [9.17, 15) is 9.59 Å². The second kappa shape index (κ2) is 3.71. The van der Waals surface area contributed by atoms with Crippen LogP contribution in [0.1, 0.15) is 10.6 Å². The van der Waals surface area contributed by atoms with Gasteiger partial charge in [0.15, 0.2) is 5.13 Å². The summed E-state index contributed by atoms with van der Waals surface area (Å²) in [5.74, 6) is 0. The minimum Gasteiger partial charge on any atom is -0.269 e. The Balaban J connectivity index is 2.70. The van der Waals surface area contributed by atoms with Gasteiger partial charge in [-0.2, -0.15) is 0 Å². The van der Waals surface area contributed by atoms with Crippen LogP contribution in [-0.2, 0) is 7.05 Å². The Morgan fingerprint density at radius 2 is 2.00 bits per heavy atom. The smallest absolute Gasteiger partial charge is 0.269 e. The normalized spacial score (nSPS) is 10.7. The van der Waals surface area contributed by atoms with Gasteiger partial charge in [-0.3, -0.25) is 9.36 Å². The van der Waals surface area contributed by atoms with Crippen molar-refractivity contribution in [1.29, 1.82) is 0 Å². The summed E-state index contributed by atoms with van der Waals surface area (Å²) in [6.45, 7) is 3.84. The van der Waals surface area contributed by atoms with Crippen LogP contribution in [-0.4, -0.2) is 14.1 Å². The first-order valence-corrected chi connectivity index (χ1v) is 5.55. The first kappa shape index (κ1) is 10.8. The standard InChI is InChI=1S/C10H11N3O2S/c1-6-7(2)16-9(11-6)13-5-4-8(14)12(3)10(13)15/h4-5H,1-3H3. The zero-order valence-electron chi connectivity index (χ0n) is 9.22. The highest BCUT2D eigenvalue weighted by Crippen LogP contribution is 2.18. The van der Waals surface area contributed by atoms with Crippen molar-refractivity contribution in [3.63, 3.8) is 0 Å². The molecule has 2 aromatic rings. The molecule has 0 aliphatic rings. The molecule has 0 spiro atoms. The summed E-state index contributed by atoms with van der Waals surface area (Å²) in [7, 11) is 1.45. The second-order valence-corrected chi connectivity index (χ2v) is 4.69. The minimum atomic E-state index is -0.374. The SMILES string of the molecule is Cc1nc(-n2ccc(=O)n(C)c2=O)sc1C. The Morgan fingerprint density at radius 3 is 2.56 bits per heavy atom. The van der Waals surface area contributed by atoms with Crippen LogP contribution in [0.5, 0.6) is 0 Å². The van der Waals surface area contributed by atoms with Crippen molar-refractivity contribution < 1.29 is 0 Å². The maximum absolute atomic E-state index is 11.8. The van der Waals surface area contributed by atoms with Gasteiger partial charge in [0.25, 0.3) is 5.56 Å². The number of aromatic nitrogens is 3. The summed E-state index contributed by atoms with van der Waals surface area (Å²) in [6.07, 6.45) is 1.46. The molecule has 0 aromatic carbocycles. The molecule has 2 rings (SSSR count). The van der Waals surface area contributed by atoms with Gasteiger partial charge in [-0.15, -0.1) is 11.3 Å². The van der Waals surface area contributed by atoms with E-state index in [1.807, 2.05) is 13.8 Å². The van der Waals surface area contributed by atoms with Gasteiger partial charge in [0.05, 0.1) is 5.69 Å². The topological polar surface area (TPSA) is 56.9 Å². The number of hydrogen-bond donors (Lipinski definition) is 0. The van der Waals surface area contributed by atoms with Gasteiger partial charge in [0, 0.05) is 24.2 Å². The summed E-state index contributed by atoms with van der Waals surface area (Å²) in [5.41, 5.74) is 0.216. The van der Waals surface area contributed by atoms with E-state index in [2.05, 4.69) is 4.98 Å². The van der Waals surface area contributed by atoms with Gasteiger partial charge in [0.2, 0.25) is 0 Å².